The molecule has 1 saturated heterocycles. The van der Waals surface area contributed by atoms with E-state index in [1.165, 1.54) is 5.56 Å². The molecule has 1 N–H and O–H groups in total. The van der Waals surface area contributed by atoms with Crippen LogP contribution in [0.4, 0.5) is 4.79 Å². The third-order valence-corrected chi connectivity index (χ3v) is 3.36. The van der Waals surface area contributed by atoms with Gasteiger partial charge in [0.15, 0.2) is 0 Å². The Kier molecular flexibility index (Phi) is 5.48. The number of alkyl carbamates (subject to hydrolysis) is 1. The molecule has 18 heavy (non-hydrogen) atoms. The van der Waals surface area contributed by atoms with Gasteiger partial charge in [-0.15, -0.1) is 0 Å². The Morgan fingerprint density at radius 1 is 1.44 bits per heavy atom. The van der Waals surface area contributed by atoms with Gasteiger partial charge < -0.3 is 10.1 Å². The molecule has 0 spiro atoms. The summed E-state index contributed by atoms with van der Waals surface area (Å²) < 4.78 is 5.10. The lowest BCUT2D eigenvalue weighted by molar-refractivity contribution is 0.133. The van der Waals surface area contributed by atoms with Gasteiger partial charge in [-0.2, -0.15) is 0 Å². The van der Waals surface area contributed by atoms with Crippen LogP contribution < -0.4 is 5.32 Å². The third kappa shape index (κ3) is 3.91. The van der Waals surface area contributed by atoms with Gasteiger partial charge in [-0.3, -0.25) is 0 Å². The van der Waals surface area contributed by atoms with Gasteiger partial charge in [0, 0.05) is 5.02 Å². The van der Waals surface area contributed by atoms with Crippen LogP contribution in [0, 0.1) is 0 Å². The summed E-state index contributed by atoms with van der Waals surface area (Å²) in [6.45, 7) is 2.81. The zero-order valence-electron chi connectivity index (χ0n) is 9.78. The highest BCUT2D eigenvalue weighted by atomic mass is 35.5. The molecular weight excluding hydrogens is 250 g/mol. The van der Waals surface area contributed by atoms with E-state index in [1.54, 1.807) is 0 Å². The molecule has 1 aliphatic rings. The molecule has 0 saturated carbocycles. The number of hydrogen-bond donors (Lipinski definition) is 1. The van der Waals surface area contributed by atoms with Crippen LogP contribution in [0.5, 0.6) is 0 Å². The lowest BCUT2D eigenvalue weighted by Gasteiger charge is -2.14. The first-order chi connectivity index (χ1) is 8.15. The Labute approximate surface area is 113 Å². The van der Waals surface area contributed by atoms with Gasteiger partial charge in [0.1, 0.15) is 6.10 Å². The van der Waals surface area contributed by atoms with E-state index in [4.69, 9.17) is 16.3 Å². The van der Waals surface area contributed by atoms with Gasteiger partial charge in [0.25, 0.3) is 0 Å². The zero-order chi connectivity index (χ0) is 12.3. The molecular formula is C14H20ClNO2. The fraction of sp³-hybridized carbons (Fsp3) is 0.500. The number of benzene rings is 1. The van der Waals surface area contributed by atoms with Crippen molar-refractivity contribution in [2.75, 3.05) is 6.54 Å². The van der Waals surface area contributed by atoms with Gasteiger partial charge in [-0.1, -0.05) is 38.1 Å². The first-order valence-electron chi connectivity index (χ1n) is 5.85. The Balaban J connectivity index is 0.00000162. The summed E-state index contributed by atoms with van der Waals surface area (Å²) in [6.07, 6.45) is 1.62. The van der Waals surface area contributed by atoms with Crippen LogP contribution in [0.3, 0.4) is 0 Å². The molecule has 0 unspecified atom stereocenters. The molecule has 2 atom stereocenters. The standard InChI is InChI=1S/C13H16ClNO2.CH4/c1-9(10-3-5-11(14)6-4-10)2-7-12-8-15-13(16)17-12;/h3-6,9,12H,2,7-8H2,1H3,(H,15,16);1H4/t9-,12+;/m1./s1. The van der Waals surface area contributed by atoms with Crippen molar-refractivity contribution in [3.05, 3.63) is 34.9 Å². The summed E-state index contributed by atoms with van der Waals surface area (Å²) in [7, 11) is 0. The quantitative estimate of drug-likeness (QED) is 0.898. The number of carbonyl (C=O) groups excluding carboxylic acids is 1. The smallest absolute Gasteiger partial charge is 0.407 e. The largest absolute Gasteiger partial charge is 0.444 e. The molecule has 4 heteroatoms. The van der Waals surface area contributed by atoms with Crippen molar-refractivity contribution in [1.82, 2.24) is 5.32 Å². The van der Waals surface area contributed by atoms with Crippen molar-refractivity contribution in [3.63, 3.8) is 0 Å². The van der Waals surface area contributed by atoms with Crippen LogP contribution in [0.25, 0.3) is 0 Å². The molecule has 1 aromatic rings. The number of cyclic esters (lactones) is 1. The normalized spacial score (nSPS) is 19.7. The molecule has 1 heterocycles. The highest BCUT2D eigenvalue weighted by molar-refractivity contribution is 6.30. The summed E-state index contributed by atoms with van der Waals surface area (Å²) in [5, 5.41) is 3.42. The van der Waals surface area contributed by atoms with Gasteiger partial charge in [0.2, 0.25) is 0 Å². The molecule has 3 nitrogen and oxygen atoms in total. The minimum atomic E-state index is -0.297. The van der Waals surface area contributed by atoms with Crippen molar-refractivity contribution in [1.29, 1.82) is 0 Å². The topological polar surface area (TPSA) is 38.3 Å². The average Bonchev–Trinajstić information content (AvgIpc) is 2.73. The fourth-order valence-corrected chi connectivity index (χ4v) is 2.11. The van der Waals surface area contributed by atoms with Crippen LogP contribution in [0.15, 0.2) is 24.3 Å². The van der Waals surface area contributed by atoms with Crippen molar-refractivity contribution in [3.8, 4) is 0 Å². The predicted octanol–water partition coefficient (Wildman–Crippen LogP) is 3.97. The highest BCUT2D eigenvalue weighted by Gasteiger charge is 2.22. The van der Waals surface area contributed by atoms with Crippen LogP contribution in [0.1, 0.15) is 38.7 Å². The van der Waals surface area contributed by atoms with Crippen LogP contribution >= 0.6 is 11.6 Å². The number of ether oxygens (including phenoxy) is 1. The van der Waals surface area contributed by atoms with E-state index >= 15 is 0 Å². The lowest BCUT2D eigenvalue weighted by atomic mass is 9.95. The van der Waals surface area contributed by atoms with Crippen molar-refractivity contribution in [2.45, 2.75) is 39.2 Å². The Morgan fingerprint density at radius 2 is 2.11 bits per heavy atom. The van der Waals surface area contributed by atoms with Gasteiger partial charge in [-0.05, 0) is 36.5 Å². The number of carbonyl (C=O) groups is 1. The Hall–Kier alpha value is -1.22. The maximum Gasteiger partial charge on any atom is 0.407 e. The second-order valence-electron chi connectivity index (χ2n) is 4.44. The molecule has 0 radical (unpaired) electrons. The molecule has 2 rings (SSSR count). The van der Waals surface area contributed by atoms with Crippen molar-refractivity contribution < 1.29 is 9.53 Å². The molecule has 0 aromatic heterocycles. The minimum absolute atomic E-state index is 0. The van der Waals surface area contributed by atoms with E-state index in [0.29, 0.717) is 12.5 Å². The number of halogens is 1. The summed E-state index contributed by atoms with van der Waals surface area (Å²) in [5.74, 6) is 0.451. The number of amides is 1. The lowest BCUT2D eigenvalue weighted by Crippen LogP contribution is -2.15. The second kappa shape index (κ2) is 6.64. The minimum Gasteiger partial charge on any atom is -0.444 e. The van der Waals surface area contributed by atoms with Gasteiger partial charge in [-0.25, -0.2) is 4.79 Å². The number of nitrogens with one attached hydrogen (secondary N) is 1. The van der Waals surface area contributed by atoms with Gasteiger partial charge in [0.05, 0.1) is 6.54 Å². The van der Waals surface area contributed by atoms with Crippen LogP contribution in [-0.4, -0.2) is 18.7 Å². The molecule has 1 amide bonds. The maximum atomic E-state index is 10.9. The SMILES string of the molecule is C.C[C@H](CC[C@H]1CNC(=O)O1)c1ccc(Cl)cc1. The highest BCUT2D eigenvalue weighted by Crippen LogP contribution is 2.24. The first-order valence-corrected chi connectivity index (χ1v) is 6.23. The van der Waals surface area contributed by atoms with E-state index in [-0.39, 0.29) is 19.6 Å². The summed E-state index contributed by atoms with van der Waals surface area (Å²) in [5.41, 5.74) is 1.27. The fourth-order valence-electron chi connectivity index (χ4n) is 1.99. The maximum absolute atomic E-state index is 10.9. The van der Waals surface area contributed by atoms with Crippen molar-refractivity contribution >= 4 is 17.7 Å². The van der Waals surface area contributed by atoms with Gasteiger partial charge >= 0.3 is 6.09 Å². The van der Waals surface area contributed by atoms with E-state index in [1.807, 2.05) is 24.3 Å². The number of hydrogen-bond acceptors (Lipinski definition) is 2. The van der Waals surface area contributed by atoms with Crippen LogP contribution in [0.2, 0.25) is 5.02 Å². The van der Waals surface area contributed by atoms with E-state index in [2.05, 4.69) is 12.2 Å². The summed E-state index contributed by atoms with van der Waals surface area (Å²) >= 11 is 5.85. The average molecular weight is 270 g/mol. The summed E-state index contributed by atoms with van der Waals surface area (Å²) in [6, 6.07) is 7.91. The van der Waals surface area contributed by atoms with Crippen molar-refractivity contribution in [2.24, 2.45) is 0 Å². The number of rotatable bonds is 4. The first kappa shape index (κ1) is 14.8. The molecule has 100 valence electrons. The van der Waals surface area contributed by atoms with E-state index in [9.17, 15) is 4.79 Å². The third-order valence-electron chi connectivity index (χ3n) is 3.11. The second-order valence-corrected chi connectivity index (χ2v) is 4.87. The Bertz CT molecular complexity index is 391. The predicted molar refractivity (Wildman–Crippen MR) is 74.1 cm³/mol. The molecule has 1 fully saturated rings. The summed E-state index contributed by atoms with van der Waals surface area (Å²) in [4.78, 5) is 10.9. The van der Waals surface area contributed by atoms with Crippen LogP contribution in [-0.2, 0) is 4.74 Å². The molecule has 0 bridgehead atoms. The molecule has 1 aromatic carbocycles. The van der Waals surface area contributed by atoms with E-state index < -0.39 is 0 Å². The molecule has 0 aliphatic carbocycles. The zero-order valence-corrected chi connectivity index (χ0v) is 10.5. The van der Waals surface area contributed by atoms with E-state index in [0.717, 1.165) is 17.9 Å². The Morgan fingerprint density at radius 3 is 2.67 bits per heavy atom. The molecule has 1 aliphatic heterocycles. The monoisotopic (exact) mass is 269 g/mol.